The molecule has 4 rings (SSSR count). The molecule has 1 saturated heterocycles. The normalized spacial score (nSPS) is 15.7. The molecule has 2 aromatic carbocycles. The zero-order chi connectivity index (χ0) is 22.3. The average molecular weight is 456 g/mol. The van der Waals surface area contributed by atoms with E-state index in [1.165, 1.54) is 36.0 Å². The molecule has 1 aromatic heterocycles. The van der Waals surface area contributed by atoms with Crippen molar-refractivity contribution >= 4 is 34.5 Å². The maximum Gasteiger partial charge on any atom is 0.251 e. The summed E-state index contributed by atoms with van der Waals surface area (Å²) in [6.45, 7) is 2.36. The fraction of sp³-hybridized carbons (Fsp3) is 0.333. The van der Waals surface area contributed by atoms with Crippen molar-refractivity contribution in [2.75, 3.05) is 25.4 Å². The lowest BCUT2D eigenvalue weighted by atomic mass is 10.2. The van der Waals surface area contributed by atoms with Gasteiger partial charge in [0.2, 0.25) is 5.91 Å². The maximum atomic E-state index is 13.0. The largest absolute Gasteiger partial charge is 0.376 e. The number of hydrogen-bond acceptors (Lipinski definition) is 4. The Balaban J connectivity index is 1.33. The smallest absolute Gasteiger partial charge is 0.251 e. The van der Waals surface area contributed by atoms with Gasteiger partial charge in [0.05, 0.1) is 11.9 Å². The van der Waals surface area contributed by atoms with Crippen molar-refractivity contribution < 1.29 is 18.7 Å². The Labute approximate surface area is 190 Å². The first-order valence-corrected chi connectivity index (χ1v) is 11.7. The maximum absolute atomic E-state index is 13.0. The number of aromatic nitrogens is 1. The van der Waals surface area contributed by atoms with Gasteiger partial charge in [-0.1, -0.05) is 18.2 Å². The first-order valence-electron chi connectivity index (χ1n) is 10.7. The predicted molar refractivity (Wildman–Crippen MR) is 123 cm³/mol. The van der Waals surface area contributed by atoms with Crippen LogP contribution in [0.1, 0.15) is 23.2 Å². The minimum Gasteiger partial charge on any atom is -0.376 e. The Morgan fingerprint density at radius 3 is 2.72 bits per heavy atom. The molecule has 168 valence electrons. The number of nitrogens with zero attached hydrogens (tertiary/aromatic N) is 1. The van der Waals surface area contributed by atoms with Gasteiger partial charge in [-0.25, -0.2) is 4.39 Å². The van der Waals surface area contributed by atoms with Crippen molar-refractivity contribution in [3.63, 3.8) is 0 Å². The first-order chi connectivity index (χ1) is 15.6. The van der Waals surface area contributed by atoms with Crippen LogP contribution in [0, 0.1) is 5.82 Å². The van der Waals surface area contributed by atoms with Crippen LogP contribution in [0.5, 0.6) is 0 Å². The number of carbonyl (C=O) groups excluding carboxylic acids is 2. The van der Waals surface area contributed by atoms with Crippen molar-refractivity contribution in [3.05, 3.63) is 66.1 Å². The number of nitrogens with one attached hydrogen (secondary N) is 2. The van der Waals surface area contributed by atoms with Crippen molar-refractivity contribution in [2.45, 2.75) is 30.4 Å². The van der Waals surface area contributed by atoms with E-state index in [0.717, 1.165) is 35.2 Å². The van der Waals surface area contributed by atoms with E-state index in [1.54, 1.807) is 0 Å². The molecule has 2 heterocycles. The number of carbonyl (C=O) groups is 2. The summed E-state index contributed by atoms with van der Waals surface area (Å²) in [7, 11) is 0. The van der Waals surface area contributed by atoms with Gasteiger partial charge in [-0.2, -0.15) is 0 Å². The third-order valence-corrected chi connectivity index (χ3v) is 6.45. The molecular weight excluding hydrogens is 429 g/mol. The molecule has 6 nitrogen and oxygen atoms in total. The lowest BCUT2D eigenvalue weighted by Crippen LogP contribution is -2.32. The SMILES string of the molecule is O=C(CSc1cn(CCNC(=O)c2ccc(F)cc2)c2ccccc12)NCC1CCCO1. The minimum absolute atomic E-state index is 0.00566. The molecule has 0 radical (unpaired) electrons. The predicted octanol–water partition coefficient (Wildman–Crippen LogP) is 3.60. The molecule has 0 spiro atoms. The highest BCUT2D eigenvalue weighted by Crippen LogP contribution is 2.29. The number of ether oxygens (including phenoxy) is 1. The molecule has 0 saturated carbocycles. The molecule has 1 unspecified atom stereocenters. The standard InChI is InChI=1S/C24H26FN3O3S/c25-18-9-7-17(8-10-18)24(30)26-11-12-28-15-22(20-5-1-2-6-21(20)28)32-16-23(29)27-14-19-4-3-13-31-19/h1-2,5-10,15,19H,3-4,11-14,16H2,(H,26,30)(H,27,29). The summed E-state index contributed by atoms with van der Waals surface area (Å²) in [6, 6.07) is 13.5. The van der Waals surface area contributed by atoms with Gasteiger partial charge in [0.1, 0.15) is 5.82 Å². The van der Waals surface area contributed by atoms with E-state index in [0.29, 0.717) is 31.0 Å². The molecule has 2 N–H and O–H groups in total. The molecule has 1 fully saturated rings. The van der Waals surface area contributed by atoms with Crippen LogP contribution in [0.25, 0.3) is 10.9 Å². The molecule has 3 aromatic rings. The van der Waals surface area contributed by atoms with Crippen LogP contribution in [-0.2, 0) is 16.1 Å². The monoisotopic (exact) mass is 455 g/mol. The Morgan fingerprint density at radius 1 is 1.12 bits per heavy atom. The van der Waals surface area contributed by atoms with Crippen molar-refractivity contribution in [2.24, 2.45) is 0 Å². The number of para-hydroxylation sites is 1. The zero-order valence-electron chi connectivity index (χ0n) is 17.7. The molecule has 0 bridgehead atoms. The molecule has 2 amide bonds. The lowest BCUT2D eigenvalue weighted by Gasteiger charge is -2.10. The molecule has 0 aliphatic carbocycles. The summed E-state index contributed by atoms with van der Waals surface area (Å²) in [4.78, 5) is 25.5. The van der Waals surface area contributed by atoms with E-state index < -0.39 is 0 Å². The Morgan fingerprint density at radius 2 is 1.94 bits per heavy atom. The van der Waals surface area contributed by atoms with E-state index in [4.69, 9.17) is 4.74 Å². The second-order valence-electron chi connectivity index (χ2n) is 7.69. The number of rotatable bonds is 9. The second-order valence-corrected chi connectivity index (χ2v) is 8.71. The number of amides is 2. The Kier molecular flexibility index (Phi) is 7.44. The molecule has 1 aliphatic heterocycles. The van der Waals surface area contributed by atoms with Crippen molar-refractivity contribution in [1.29, 1.82) is 0 Å². The Bertz CT molecular complexity index is 1080. The van der Waals surface area contributed by atoms with E-state index in [2.05, 4.69) is 15.2 Å². The third-order valence-electron chi connectivity index (χ3n) is 5.41. The molecule has 1 atom stereocenters. The van der Waals surface area contributed by atoms with Crippen LogP contribution < -0.4 is 10.6 Å². The first kappa shape index (κ1) is 22.4. The summed E-state index contributed by atoms with van der Waals surface area (Å²) in [5.74, 6) is -0.277. The van der Waals surface area contributed by atoms with Gasteiger partial charge in [0.15, 0.2) is 0 Å². The van der Waals surface area contributed by atoms with Gasteiger partial charge in [-0.3, -0.25) is 9.59 Å². The van der Waals surface area contributed by atoms with Crippen molar-refractivity contribution in [3.8, 4) is 0 Å². The van der Waals surface area contributed by atoms with Crippen LogP contribution >= 0.6 is 11.8 Å². The fourth-order valence-electron chi connectivity index (χ4n) is 3.73. The van der Waals surface area contributed by atoms with E-state index >= 15 is 0 Å². The average Bonchev–Trinajstić information content (AvgIpc) is 3.45. The topological polar surface area (TPSA) is 72.4 Å². The highest BCUT2D eigenvalue weighted by molar-refractivity contribution is 8.00. The summed E-state index contributed by atoms with van der Waals surface area (Å²) < 4.78 is 20.7. The fourth-order valence-corrected chi connectivity index (χ4v) is 4.65. The van der Waals surface area contributed by atoms with Crippen LogP contribution in [-0.4, -0.2) is 47.9 Å². The lowest BCUT2D eigenvalue weighted by molar-refractivity contribution is -0.119. The Hall–Kier alpha value is -2.84. The van der Waals surface area contributed by atoms with E-state index in [9.17, 15) is 14.0 Å². The summed E-state index contributed by atoms with van der Waals surface area (Å²) >= 11 is 1.50. The van der Waals surface area contributed by atoms with Crippen molar-refractivity contribution in [1.82, 2.24) is 15.2 Å². The van der Waals surface area contributed by atoms with Crippen LogP contribution in [0.3, 0.4) is 0 Å². The van der Waals surface area contributed by atoms with Gasteiger partial charge in [0.25, 0.3) is 5.91 Å². The highest BCUT2D eigenvalue weighted by Gasteiger charge is 2.17. The molecule has 8 heteroatoms. The van der Waals surface area contributed by atoms with Crippen LogP contribution in [0.15, 0.2) is 59.6 Å². The van der Waals surface area contributed by atoms with E-state index in [-0.39, 0.29) is 23.7 Å². The quantitative estimate of drug-likeness (QED) is 0.484. The number of halogens is 1. The summed E-state index contributed by atoms with van der Waals surface area (Å²) in [5.41, 5.74) is 1.47. The number of fused-ring (bicyclic) bond motifs is 1. The minimum atomic E-state index is -0.369. The molecule has 1 aliphatic rings. The number of benzene rings is 2. The molecular formula is C24H26FN3O3S. The van der Waals surface area contributed by atoms with Gasteiger partial charge < -0.3 is 19.9 Å². The third kappa shape index (κ3) is 5.69. The summed E-state index contributed by atoms with van der Waals surface area (Å²) in [5, 5.41) is 6.90. The number of thioether (sulfide) groups is 1. The highest BCUT2D eigenvalue weighted by atomic mass is 32.2. The van der Waals surface area contributed by atoms with E-state index in [1.807, 2.05) is 30.5 Å². The van der Waals surface area contributed by atoms with Gasteiger partial charge in [-0.05, 0) is 43.2 Å². The van der Waals surface area contributed by atoms with Gasteiger partial charge in [-0.15, -0.1) is 11.8 Å². The zero-order valence-corrected chi connectivity index (χ0v) is 18.5. The van der Waals surface area contributed by atoms with Crippen LogP contribution in [0.2, 0.25) is 0 Å². The second kappa shape index (κ2) is 10.7. The van der Waals surface area contributed by atoms with Gasteiger partial charge in [0, 0.05) is 53.8 Å². The number of hydrogen-bond donors (Lipinski definition) is 2. The van der Waals surface area contributed by atoms with Gasteiger partial charge >= 0.3 is 0 Å². The molecule has 32 heavy (non-hydrogen) atoms. The summed E-state index contributed by atoms with van der Waals surface area (Å²) in [6.07, 6.45) is 4.21. The van der Waals surface area contributed by atoms with Crippen LogP contribution in [0.4, 0.5) is 4.39 Å².